The summed E-state index contributed by atoms with van der Waals surface area (Å²) in [4.78, 5) is 22.4. The molecular formula is C12H15FN2O3. The molecule has 0 fully saturated rings. The van der Waals surface area contributed by atoms with Gasteiger partial charge in [0.25, 0.3) is 0 Å². The molecule has 0 saturated heterocycles. The highest BCUT2D eigenvalue weighted by Gasteiger charge is 2.29. The molecule has 1 rings (SSSR count). The van der Waals surface area contributed by atoms with E-state index in [0.29, 0.717) is 11.3 Å². The lowest BCUT2D eigenvalue weighted by atomic mass is 10.1. The van der Waals surface area contributed by atoms with Crippen LogP contribution in [0.15, 0.2) is 18.2 Å². The number of hydrogen-bond acceptors (Lipinski definition) is 2. The summed E-state index contributed by atoms with van der Waals surface area (Å²) in [5, 5.41) is 13.5. The first-order chi connectivity index (χ1) is 8.24. The standard InChI is InChI=1S/C12H15FN2O3/c1-7-8(13)5-4-6-9(7)14-11(18)15-12(2,3)10(16)17/h4-6H,1-3H3,(H,16,17)(H2,14,15,18). The number of rotatable bonds is 3. The van der Waals surface area contributed by atoms with Crippen molar-refractivity contribution < 1.29 is 19.1 Å². The Kier molecular flexibility index (Phi) is 3.90. The fraction of sp³-hybridized carbons (Fsp3) is 0.333. The van der Waals surface area contributed by atoms with Gasteiger partial charge in [0.2, 0.25) is 0 Å². The molecule has 0 heterocycles. The van der Waals surface area contributed by atoms with Crippen LogP contribution in [0.1, 0.15) is 19.4 Å². The van der Waals surface area contributed by atoms with Gasteiger partial charge >= 0.3 is 12.0 Å². The van der Waals surface area contributed by atoms with Gasteiger partial charge in [-0.2, -0.15) is 0 Å². The van der Waals surface area contributed by atoms with Crippen LogP contribution in [0.25, 0.3) is 0 Å². The highest BCUT2D eigenvalue weighted by atomic mass is 19.1. The molecule has 0 saturated carbocycles. The van der Waals surface area contributed by atoms with Crippen LogP contribution in [-0.4, -0.2) is 22.6 Å². The second-order valence-corrected chi connectivity index (χ2v) is 4.42. The normalized spacial score (nSPS) is 10.9. The molecule has 0 aliphatic heterocycles. The Morgan fingerprint density at radius 2 is 1.94 bits per heavy atom. The van der Waals surface area contributed by atoms with Crippen molar-refractivity contribution in [3.05, 3.63) is 29.6 Å². The number of nitrogens with one attached hydrogen (secondary N) is 2. The van der Waals surface area contributed by atoms with Crippen LogP contribution < -0.4 is 10.6 Å². The summed E-state index contributed by atoms with van der Waals surface area (Å²) in [5.41, 5.74) is -0.805. The van der Waals surface area contributed by atoms with Crippen LogP contribution in [-0.2, 0) is 4.79 Å². The van der Waals surface area contributed by atoms with Gasteiger partial charge in [-0.05, 0) is 32.9 Å². The minimum atomic E-state index is -1.40. The van der Waals surface area contributed by atoms with Gasteiger partial charge in [0, 0.05) is 11.3 Å². The molecule has 98 valence electrons. The molecule has 0 unspecified atom stereocenters. The van der Waals surface area contributed by atoms with Crippen LogP contribution in [0.4, 0.5) is 14.9 Å². The highest BCUT2D eigenvalue weighted by Crippen LogP contribution is 2.17. The van der Waals surface area contributed by atoms with E-state index in [0.717, 1.165) is 0 Å². The van der Waals surface area contributed by atoms with E-state index in [1.54, 1.807) is 0 Å². The van der Waals surface area contributed by atoms with E-state index in [2.05, 4.69) is 10.6 Å². The zero-order valence-corrected chi connectivity index (χ0v) is 10.4. The summed E-state index contributed by atoms with van der Waals surface area (Å²) < 4.78 is 13.2. The van der Waals surface area contributed by atoms with Gasteiger partial charge in [0.05, 0.1) is 0 Å². The lowest BCUT2D eigenvalue weighted by molar-refractivity contribution is -0.142. The van der Waals surface area contributed by atoms with Crippen LogP contribution in [0.3, 0.4) is 0 Å². The van der Waals surface area contributed by atoms with E-state index in [-0.39, 0.29) is 0 Å². The third-order valence-corrected chi connectivity index (χ3v) is 2.48. The lowest BCUT2D eigenvalue weighted by Crippen LogP contribution is -2.51. The van der Waals surface area contributed by atoms with Crippen LogP contribution in [0, 0.1) is 12.7 Å². The fourth-order valence-corrected chi connectivity index (χ4v) is 1.23. The largest absolute Gasteiger partial charge is 0.480 e. The van der Waals surface area contributed by atoms with Crippen molar-refractivity contribution in [3.8, 4) is 0 Å². The average Bonchev–Trinajstić information content (AvgIpc) is 2.23. The molecule has 0 atom stereocenters. The maximum atomic E-state index is 13.2. The van der Waals surface area contributed by atoms with Crippen LogP contribution in [0.5, 0.6) is 0 Å². The summed E-state index contributed by atoms with van der Waals surface area (Å²) in [6, 6.07) is 3.57. The molecule has 0 bridgehead atoms. The predicted octanol–water partition coefficient (Wildman–Crippen LogP) is 2.12. The predicted molar refractivity (Wildman–Crippen MR) is 65.0 cm³/mol. The number of carbonyl (C=O) groups excluding carboxylic acids is 1. The molecule has 3 N–H and O–H groups in total. The number of carboxylic acid groups (broad SMARTS) is 1. The minimum absolute atomic E-state index is 0.292. The van der Waals surface area contributed by atoms with Crippen LogP contribution >= 0.6 is 0 Å². The van der Waals surface area contributed by atoms with E-state index < -0.39 is 23.4 Å². The number of urea groups is 1. The van der Waals surface area contributed by atoms with Gasteiger partial charge in [-0.1, -0.05) is 6.07 Å². The van der Waals surface area contributed by atoms with Gasteiger partial charge in [0.15, 0.2) is 0 Å². The fourth-order valence-electron chi connectivity index (χ4n) is 1.23. The summed E-state index contributed by atoms with van der Waals surface area (Å²) in [6.07, 6.45) is 0. The van der Waals surface area contributed by atoms with Crippen molar-refractivity contribution in [1.29, 1.82) is 0 Å². The SMILES string of the molecule is Cc1c(F)cccc1NC(=O)NC(C)(C)C(=O)O. The van der Waals surface area contributed by atoms with Gasteiger partial charge in [0.1, 0.15) is 11.4 Å². The van der Waals surface area contributed by atoms with Gasteiger partial charge in [-0.15, -0.1) is 0 Å². The molecule has 2 amide bonds. The van der Waals surface area contributed by atoms with E-state index in [1.165, 1.54) is 39.0 Å². The summed E-state index contributed by atoms with van der Waals surface area (Å²) in [7, 11) is 0. The number of hydrogen-bond donors (Lipinski definition) is 3. The third-order valence-electron chi connectivity index (χ3n) is 2.48. The molecule has 0 radical (unpaired) electrons. The quantitative estimate of drug-likeness (QED) is 0.773. The number of halogens is 1. The van der Waals surface area contributed by atoms with Crippen molar-refractivity contribution in [2.24, 2.45) is 0 Å². The highest BCUT2D eigenvalue weighted by molar-refractivity contribution is 5.94. The average molecular weight is 254 g/mol. The molecule has 0 aliphatic carbocycles. The number of amides is 2. The monoisotopic (exact) mass is 254 g/mol. The maximum absolute atomic E-state index is 13.2. The van der Waals surface area contributed by atoms with Crippen molar-refractivity contribution >= 4 is 17.7 Å². The topological polar surface area (TPSA) is 78.4 Å². The summed E-state index contributed by atoms with van der Waals surface area (Å²) in [6.45, 7) is 4.23. The molecule has 1 aromatic rings. The molecule has 6 heteroatoms. The van der Waals surface area contributed by atoms with Gasteiger partial charge < -0.3 is 15.7 Å². The second kappa shape index (κ2) is 5.03. The first kappa shape index (κ1) is 14.0. The molecule has 0 spiro atoms. The van der Waals surface area contributed by atoms with E-state index in [1.807, 2.05) is 0 Å². The Morgan fingerprint density at radius 1 is 1.33 bits per heavy atom. The Hall–Kier alpha value is -2.11. The molecule has 18 heavy (non-hydrogen) atoms. The number of aliphatic carboxylic acids is 1. The van der Waals surface area contributed by atoms with Crippen LogP contribution in [0.2, 0.25) is 0 Å². The lowest BCUT2D eigenvalue weighted by Gasteiger charge is -2.21. The molecular weight excluding hydrogens is 239 g/mol. The molecule has 0 aromatic heterocycles. The number of benzene rings is 1. The van der Waals surface area contributed by atoms with Crippen molar-refractivity contribution in [2.45, 2.75) is 26.3 Å². The molecule has 0 aliphatic rings. The van der Waals surface area contributed by atoms with E-state index in [4.69, 9.17) is 5.11 Å². The zero-order chi connectivity index (χ0) is 13.9. The Labute approximate surface area is 104 Å². The van der Waals surface area contributed by atoms with Crippen molar-refractivity contribution in [1.82, 2.24) is 5.32 Å². The van der Waals surface area contributed by atoms with Crippen molar-refractivity contribution in [2.75, 3.05) is 5.32 Å². The van der Waals surface area contributed by atoms with Gasteiger partial charge in [-0.3, -0.25) is 0 Å². The third kappa shape index (κ3) is 3.19. The number of carbonyl (C=O) groups is 2. The first-order valence-corrected chi connectivity index (χ1v) is 5.31. The van der Waals surface area contributed by atoms with Gasteiger partial charge in [-0.25, -0.2) is 14.0 Å². The summed E-state index contributed by atoms with van der Waals surface area (Å²) in [5.74, 6) is -1.60. The van der Waals surface area contributed by atoms with Crippen molar-refractivity contribution in [3.63, 3.8) is 0 Å². The Bertz CT molecular complexity index is 486. The van der Waals surface area contributed by atoms with E-state index >= 15 is 0 Å². The number of anilines is 1. The maximum Gasteiger partial charge on any atom is 0.328 e. The Morgan fingerprint density at radius 3 is 2.50 bits per heavy atom. The smallest absolute Gasteiger partial charge is 0.328 e. The number of carboxylic acids is 1. The minimum Gasteiger partial charge on any atom is -0.480 e. The Balaban J connectivity index is 2.77. The zero-order valence-electron chi connectivity index (χ0n) is 10.4. The molecule has 1 aromatic carbocycles. The molecule has 5 nitrogen and oxygen atoms in total. The summed E-state index contributed by atoms with van der Waals surface area (Å²) >= 11 is 0. The first-order valence-electron chi connectivity index (χ1n) is 5.31. The van der Waals surface area contributed by atoms with E-state index in [9.17, 15) is 14.0 Å². The second-order valence-electron chi connectivity index (χ2n) is 4.42.